The number of rotatable bonds is 7. The van der Waals surface area contributed by atoms with Crippen LogP contribution in [0.25, 0.3) is 0 Å². The predicted octanol–water partition coefficient (Wildman–Crippen LogP) is 2.86. The summed E-state index contributed by atoms with van der Waals surface area (Å²) in [5.41, 5.74) is 3.13. The molecule has 166 valence electrons. The highest BCUT2D eigenvalue weighted by molar-refractivity contribution is 7.92. The van der Waals surface area contributed by atoms with E-state index in [4.69, 9.17) is 23.3 Å². The monoisotopic (exact) mass is 462 g/mol. The predicted molar refractivity (Wildman–Crippen MR) is 125 cm³/mol. The Bertz CT molecular complexity index is 943. The standard InChI is InChI=1S/C21H26N4O4S2/c1-21(2,3)15-7-4-13(5-8-15)11-24-20(30)25-12-14-6-9-16(19(27)29-31-23)17(10-14)18(26)28-22/h4-10H,11-12,22-23H2,1-3H3,(H2,24,25,30). The fourth-order valence-corrected chi connectivity index (χ4v) is 3.07. The van der Waals surface area contributed by atoms with Crippen molar-refractivity contribution in [1.29, 1.82) is 0 Å². The van der Waals surface area contributed by atoms with Crippen LogP contribution in [0.4, 0.5) is 0 Å². The van der Waals surface area contributed by atoms with E-state index in [0.29, 0.717) is 36.0 Å². The molecule has 8 nitrogen and oxygen atoms in total. The molecule has 31 heavy (non-hydrogen) atoms. The average molecular weight is 463 g/mol. The lowest BCUT2D eigenvalue weighted by Crippen LogP contribution is -2.34. The van der Waals surface area contributed by atoms with Crippen molar-refractivity contribution in [3.63, 3.8) is 0 Å². The number of nitrogens with one attached hydrogen (secondary N) is 2. The quantitative estimate of drug-likeness (QED) is 0.211. The number of carbonyl (C=O) groups excluding carboxylic acids is 2. The number of hydrogen-bond acceptors (Lipinski definition) is 8. The topological polar surface area (TPSA) is 129 Å². The lowest BCUT2D eigenvalue weighted by molar-refractivity contribution is 0.0496. The third kappa shape index (κ3) is 7.21. The molecule has 0 fully saturated rings. The van der Waals surface area contributed by atoms with Gasteiger partial charge in [0.1, 0.15) is 12.2 Å². The maximum Gasteiger partial charge on any atom is 0.357 e. The Labute approximate surface area is 191 Å². The van der Waals surface area contributed by atoms with Crippen LogP contribution in [-0.4, -0.2) is 17.1 Å². The third-order valence-corrected chi connectivity index (χ3v) is 5.02. The van der Waals surface area contributed by atoms with Crippen molar-refractivity contribution >= 4 is 41.5 Å². The van der Waals surface area contributed by atoms with Gasteiger partial charge in [0.15, 0.2) is 5.11 Å². The van der Waals surface area contributed by atoms with Gasteiger partial charge in [-0.3, -0.25) is 0 Å². The molecule has 0 aliphatic carbocycles. The lowest BCUT2D eigenvalue weighted by Gasteiger charge is -2.19. The molecular formula is C21H26N4O4S2. The first-order valence-corrected chi connectivity index (χ1v) is 10.6. The zero-order valence-electron chi connectivity index (χ0n) is 17.6. The minimum absolute atomic E-state index is 0.00319. The molecule has 0 bridgehead atoms. The first kappa shape index (κ1) is 24.6. The summed E-state index contributed by atoms with van der Waals surface area (Å²) in [4.78, 5) is 28.1. The van der Waals surface area contributed by atoms with Crippen LogP contribution in [0.1, 0.15) is 58.2 Å². The van der Waals surface area contributed by atoms with Crippen LogP contribution < -0.4 is 21.7 Å². The summed E-state index contributed by atoms with van der Waals surface area (Å²) in [6.07, 6.45) is 0. The van der Waals surface area contributed by atoms with Crippen molar-refractivity contribution in [2.24, 2.45) is 11.0 Å². The van der Waals surface area contributed by atoms with Crippen LogP contribution in [0, 0.1) is 0 Å². The van der Waals surface area contributed by atoms with Crippen molar-refractivity contribution < 1.29 is 18.6 Å². The number of carbonyl (C=O) groups is 2. The molecule has 2 aromatic carbocycles. The molecule has 0 unspecified atom stereocenters. The van der Waals surface area contributed by atoms with Gasteiger partial charge in [-0.25, -0.2) is 14.7 Å². The van der Waals surface area contributed by atoms with E-state index in [1.165, 1.54) is 17.7 Å². The lowest BCUT2D eigenvalue weighted by atomic mass is 9.87. The van der Waals surface area contributed by atoms with E-state index >= 15 is 0 Å². The zero-order chi connectivity index (χ0) is 23.0. The molecule has 2 rings (SSSR count). The second-order valence-corrected chi connectivity index (χ2v) is 8.50. The van der Waals surface area contributed by atoms with E-state index in [0.717, 1.165) is 5.56 Å². The second kappa shape index (κ2) is 11.1. The smallest absolute Gasteiger partial charge is 0.357 e. The molecule has 0 heterocycles. The summed E-state index contributed by atoms with van der Waals surface area (Å²) < 4.78 is 4.66. The van der Waals surface area contributed by atoms with Crippen LogP contribution in [0.2, 0.25) is 0 Å². The third-order valence-electron chi connectivity index (χ3n) is 4.48. The van der Waals surface area contributed by atoms with Gasteiger partial charge in [0.25, 0.3) is 0 Å². The van der Waals surface area contributed by atoms with Gasteiger partial charge < -0.3 is 19.7 Å². The van der Waals surface area contributed by atoms with Gasteiger partial charge in [-0.1, -0.05) is 51.1 Å². The molecular weight excluding hydrogens is 436 g/mol. The van der Waals surface area contributed by atoms with Crippen molar-refractivity contribution in [2.45, 2.75) is 39.3 Å². The highest BCUT2D eigenvalue weighted by atomic mass is 32.2. The highest BCUT2D eigenvalue weighted by Gasteiger charge is 2.20. The molecule has 0 atom stereocenters. The van der Waals surface area contributed by atoms with Crippen LogP contribution in [0.15, 0.2) is 42.5 Å². The maximum absolute atomic E-state index is 11.9. The molecule has 2 aromatic rings. The number of benzene rings is 2. The van der Waals surface area contributed by atoms with E-state index in [9.17, 15) is 9.59 Å². The van der Waals surface area contributed by atoms with Gasteiger partial charge in [-0.15, -0.1) is 0 Å². The van der Waals surface area contributed by atoms with E-state index in [1.54, 1.807) is 6.07 Å². The van der Waals surface area contributed by atoms with Gasteiger partial charge in [0.2, 0.25) is 0 Å². The molecule has 0 saturated heterocycles. The molecule has 0 aromatic heterocycles. The maximum atomic E-state index is 11.9. The van der Waals surface area contributed by atoms with E-state index in [2.05, 4.69) is 64.7 Å². The Balaban J connectivity index is 1.96. The number of hydrogen-bond donors (Lipinski definition) is 4. The van der Waals surface area contributed by atoms with E-state index < -0.39 is 11.9 Å². The Morgan fingerprint density at radius 2 is 1.55 bits per heavy atom. The molecule has 0 saturated carbocycles. The SMILES string of the molecule is CC(C)(C)c1ccc(CNC(=S)NCc2ccc(C(=O)OSN)c(C(=O)ON)c2)cc1. The molecule has 6 N–H and O–H groups in total. The van der Waals surface area contributed by atoms with E-state index in [-0.39, 0.29) is 16.5 Å². The van der Waals surface area contributed by atoms with Gasteiger partial charge >= 0.3 is 11.9 Å². The molecule has 0 amide bonds. The van der Waals surface area contributed by atoms with E-state index in [1.807, 2.05) is 0 Å². The molecule has 0 aliphatic heterocycles. The molecule has 0 aliphatic rings. The molecule has 10 heteroatoms. The Kier molecular flexibility index (Phi) is 8.81. The number of thiocarbonyl (C=S) groups is 1. The minimum atomic E-state index is -0.866. The Hall–Kier alpha value is -2.66. The first-order chi connectivity index (χ1) is 14.7. The Morgan fingerprint density at radius 1 is 0.968 bits per heavy atom. The largest absolute Gasteiger partial charge is 0.371 e. The van der Waals surface area contributed by atoms with Crippen LogP contribution in [0.3, 0.4) is 0 Å². The van der Waals surface area contributed by atoms with Crippen LogP contribution in [0.5, 0.6) is 0 Å². The summed E-state index contributed by atoms with van der Waals surface area (Å²) in [5, 5.41) is 11.8. The van der Waals surface area contributed by atoms with Gasteiger partial charge in [0.05, 0.1) is 11.1 Å². The van der Waals surface area contributed by atoms with Gasteiger partial charge in [-0.05, 0) is 46.5 Å². The summed E-state index contributed by atoms with van der Waals surface area (Å²) in [7, 11) is 0. The van der Waals surface area contributed by atoms with Gasteiger partial charge in [0, 0.05) is 13.1 Å². The van der Waals surface area contributed by atoms with Crippen molar-refractivity contribution in [1.82, 2.24) is 10.6 Å². The van der Waals surface area contributed by atoms with Crippen molar-refractivity contribution in [3.05, 3.63) is 70.3 Å². The summed E-state index contributed by atoms with van der Waals surface area (Å²) in [6.45, 7) is 7.41. The molecule has 0 spiro atoms. The average Bonchev–Trinajstić information content (AvgIpc) is 2.75. The Morgan fingerprint density at radius 3 is 2.10 bits per heavy atom. The summed E-state index contributed by atoms with van der Waals surface area (Å²) in [5.74, 6) is 3.33. The molecule has 0 radical (unpaired) electrons. The fourth-order valence-electron chi connectivity index (χ4n) is 2.75. The van der Waals surface area contributed by atoms with Crippen LogP contribution in [-0.2, 0) is 27.5 Å². The zero-order valence-corrected chi connectivity index (χ0v) is 19.2. The summed E-state index contributed by atoms with van der Waals surface area (Å²) >= 11 is 5.71. The normalized spacial score (nSPS) is 10.9. The van der Waals surface area contributed by atoms with Crippen LogP contribution >= 0.6 is 24.4 Å². The second-order valence-electron chi connectivity index (χ2n) is 7.74. The minimum Gasteiger partial charge on any atom is -0.371 e. The van der Waals surface area contributed by atoms with Crippen molar-refractivity contribution in [3.8, 4) is 0 Å². The van der Waals surface area contributed by atoms with Crippen molar-refractivity contribution in [2.75, 3.05) is 0 Å². The van der Waals surface area contributed by atoms with Gasteiger partial charge in [-0.2, -0.15) is 5.90 Å². The fraction of sp³-hybridized carbons (Fsp3) is 0.286. The first-order valence-electron chi connectivity index (χ1n) is 9.38. The highest BCUT2D eigenvalue weighted by Crippen LogP contribution is 2.22. The summed E-state index contributed by atoms with van der Waals surface area (Å²) in [6, 6.07) is 12.9. The number of nitrogens with two attached hydrogens (primary N) is 2.